The van der Waals surface area contributed by atoms with Crippen molar-refractivity contribution in [2.24, 2.45) is 0 Å². The molecule has 3 N–H and O–H groups in total. The second-order valence-electron chi connectivity index (χ2n) is 5.47. The van der Waals surface area contributed by atoms with Crippen molar-refractivity contribution in [3.63, 3.8) is 0 Å². The fraction of sp³-hybridized carbons (Fsp3) is 0.235. The third-order valence-electron chi connectivity index (χ3n) is 4.24. The SMILES string of the molecule is N#Cc1c(N)[nH]c(=O)c(C#N)c1-c1ccc(C2CCC2)cc1. The Morgan fingerprint density at radius 1 is 1.09 bits per heavy atom. The van der Waals surface area contributed by atoms with Crippen molar-refractivity contribution < 1.29 is 0 Å². The Balaban J connectivity index is 2.17. The molecule has 1 aromatic heterocycles. The van der Waals surface area contributed by atoms with Gasteiger partial charge in [0.25, 0.3) is 5.56 Å². The Morgan fingerprint density at radius 3 is 2.23 bits per heavy atom. The number of H-pyrrole nitrogens is 1. The molecule has 2 aromatic rings. The van der Waals surface area contributed by atoms with Crippen molar-refractivity contribution in [3.05, 3.63) is 51.3 Å². The van der Waals surface area contributed by atoms with Crippen LogP contribution in [0.5, 0.6) is 0 Å². The first-order valence-corrected chi connectivity index (χ1v) is 7.12. The number of aromatic nitrogens is 1. The maximum Gasteiger partial charge on any atom is 0.268 e. The summed E-state index contributed by atoms with van der Waals surface area (Å²) in [4.78, 5) is 14.2. The Bertz CT molecular complexity index is 862. The largest absolute Gasteiger partial charge is 0.384 e. The van der Waals surface area contributed by atoms with Gasteiger partial charge in [-0.3, -0.25) is 4.79 Å². The monoisotopic (exact) mass is 290 g/mol. The normalized spacial score (nSPS) is 13.9. The number of anilines is 1. The highest BCUT2D eigenvalue weighted by atomic mass is 16.1. The minimum Gasteiger partial charge on any atom is -0.384 e. The van der Waals surface area contributed by atoms with Crippen LogP contribution < -0.4 is 11.3 Å². The summed E-state index contributed by atoms with van der Waals surface area (Å²) in [6, 6.07) is 11.6. The Morgan fingerprint density at radius 2 is 1.73 bits per heavy atom. The molecule has 1 saturated carbocycles. The van der Waals surface area contributed by atoms with Gasteiger partial charge in [-0.15, -0.1) is 0 Å². The average Bonchev–Trinajstić information content (AvgIpc) is 2.46. The third kappa shape index (κ3) is 2.13. The molecule has 108 valence electrons. The first-order valence-electron chi connectivity index (χ1n) is 7.12. The van der Waals surface area contributed by atoms with Gasteiger partial charge in [0.1, 0.15) is 29.1 Å². The summed E-state index contributed by atoms with van der Waals surface area (Å²) in [5, 5.41) is 18.5. The maximum absolute atomic E-state index is 11.9. The summed E-state index contributed by atoms with van der Waals surface area (Å²) in [6.45, 7) is 0. The van der Waals surface area contributed by atoms with Gasteiger partial charge in [0, 0.05) is 5.56 Å². The van der Waals surface area contributed by atoms with Crippen molar-refractivity contribution in [1.29, 1.82) is 10.5 Å². The van der Waals surface area contributed by atoms with E-state index in [-0.39, 0.29) is 16.9 Å². The molecule has 5 nitrogen and oxygen atoms in total. The third-order valence-corrected chi connectivity index (χ3v) is 4.24. The van der Waals surface area contributed by atoms with Gasteiger partial charge in [-0.2, -0.15) is 10.5 Å². The number of hydrogen-bond acceptors (Lipinski definition) is 4. The average molecular weight is 290 g/mol. The molecule has 1 aromatic carbocycles. The maximum atomic E-state index is 11.9. The van der Waals surface area contributed by atoms with Crippen LogP contribution in [0.15, 0.2) is 29.1 Å². The van der Waals surface area contributed by atoms with Crippen molar-refractivity contribution in [2.75, 3.05) is 5.73 Å². The second-order valence-corrected chi connectivity index (χ2v) is 5.47. The van der Waals surface area contributed by atoms with E-state index >= 15 is 0 Å². The van der Waals surface area contributed by atoms with Crippen molar-refractivity contribution in [1.82, 2.24) is 4.98 Å². The minimum atomic E-state index is -0.572. The molecule has 5 heteroatoms. The highest BCUT2D eigenvalue weighted by Crippen LogP contribution is 2.37. The first-order chi connectivity index (χ1) is 10.7. The van der Waals surface area contributed by atoms with Crippen LogP contribution in [0.25, 0.3) is 11.1 Å². The Hall–Kier alpha value is -3.05. The molecule has 1 fully saturated rings. The molecule has 0 saturated heterocycles. The number of nitrogens with two attached hydrogens (primary N) is 1. The summed E-state index contributed by atoms with van der Waals surface area (Å²) < 4.78 is 0. The van der Waals surface area contributed by atoms with Crippen molar-refractivity contribution in [2.45, 2.75) is 25.2 Å². The lowest BCUT2D eigenvalue weighted by Crippen LogP contribution is -2.16. The van der Waals surface area contributed by atoms with Crippen LogP contribution in [0, 0.1) is 22.7 Å². The highest BCUT2D eigenvalue weighted by molar-refractivity contribution is 5.80. The lowest BCUT2D eigenvalue weighted by Gasteiger charge is -2.25. The molecule has 0 aliphatic heterocycles. The van der Waals surface area contributed by atoms with E-state index < -0.39 is 5.56 Å². The molecule has 22 heavy (non-hydrogen) atoms. The molecule has 1 heterocycles. The zero-order chi connectivity index (χ0) is 15.7. The number of nitrogen functional groups attached to an aromatic ring is 1. The summed E-state index contributed by atoms with van der Waals surface area (Å²) in [5.41, 5.74) is 7.42. The van der Waals surface area contributed by atoms with Gasteiger partial charge >= 0.3 is 0 Å². The molecular weight excluding hydrogens is 276 g/mol. The first kappa shape index (κ1) is 13.9. The number of rotatable bonds is 2. The predicted octanol–water partition coefficient (Wildman–Crippen LogP) is 2.63. The number of nitrogens with one attached hydrogen (secondary N) is 1. The summed E-state index contributed by atoms with van der Waals surface area (Å²) in [5.74, 6) is 0.591. The fourth-order valence-corrected chi connectivity index (χ4v) is 2.80. The predicted molar refractivity (Wildman–Crippen MR) is 82.9 cm³/mol. The van der Waals surface area contributed by atoms with E-state index in [4.69, 9.17) is 5.73 Å². The van der Waals surface area contributed by atoms with Gasteiger partial charge in [-0.25, -0.2) is 0 Å². The Labute approximate surface area is 127 Å². The van der Waals surface area contributed by atoms with Gasteiger partial charge in [0.2, 0.25) is 0 Å². The second kappa shape index (κ2) is 5.38. The number of benzene rings is 1. The molecular formula is C17H14N4O. The molecule has 1 aliphatic rings. The van der Waals surface area contributed by atoms with E-state index in [2.05, 4.69) is 4.98 Å². The van der Waals surface area contributed by atoms with Crippen molar-refractivity contribution in [3.8, 4) is 23.3 Å². The van der Waals surface area contributed by atoms with E-state index in [1.54, 1.807) is 0 Å². The standard InChI is InChI=1S/C17H14N4O/c18-8-13-15(14(9-19)17(22)21-16(13)20)12-6-4-11(5-7-12)10-2-1-3-10/h4-7,10H,1-3H2,(H3,20,21,22). The lowest BCUT2D eigenvalue weighted by molar-refractivity contribution is 0.420. The molecule has 0 unspecified atom stereocenters. The van der Waals surface area contributed by atoms with Gasteiger partial charge in [0.15, 0.2) is 0 Å². The molecule has 0 bridgehead atoms. The van der Waals surface area contributed by atoms with E-state index in [1.807, 2.05) is 36.4 Å². The molecule has 3 rings (SSSR count). The number of aromatic amines is 1. The van der Waals surface area contributed by atoms with Crippen LogP contribution in [0.1, 0.15) is 41.9 Å². The topological polar surface area (TPSA) is 106 Å². The van der Waals surface area contributed by atoms with Crippen LogP contribution in [0.2, 0.25) is 0 Å². The van der Waals surface area contributed by atoms with Gasteiger partial charge in [-0.1, -0.05) is 30.7 Å². The van der Waals surface area contributed by atoms with Gasteiger partial charge < -0.3 is 10.7 Å². The zero-order valence-corrected chi connectivity index (χ0v) is 11.9. The smallest absolute Gasteiger partial charge is 0.268 e. The van der Waals surface area contributed by atoms with E-state index in [1.165, 1.54) is 24.8 Å². The quantitative estimate of drug-likeness (QED) is 0.886. The molecule has 0 spiro atoms. The van der Waals surface area contributed by atoms with E-state index in [0.29, 0.717) is 17.0 Å². The van der Waals surface area contributed by atoms with Crippen LogP contribution >= 0.6 is 0 Å². The van der Waals surface area contributed by atoms with Gasteiger partial charge in [-0.05, 0) is 29.9 Å². The number of pyridine rings is 1. The minimum absolute atomic E-state index is 0.00966. The highest BCUT2D eigenvalue weighted by Gasteiger charge is 2.21. The van der Waals surface area contributed by atoms with E-state index in [0.717, 1.165) is 0 Å². The van der Waals surface area contributed by atoms with Crippen LogP contribution in [-0.2, 0) is 0 Å². The van der Waals surface area contributed by atoms with Gasteiger partial charge in [0.05, 0.1) is 0 Å². The lowest BCUT2D eigenvalue weighted by atomic mass is 9.79. The summed E-state index contributed by atoms with van der Waals surface area (Å²) in [7, 11) is 0. The Kier molecular flexibility index (Phi) is 3.40. The van der Waals surface area contributed by atoms with Crippen LogP contribution in [-0.4, -0.2) is 4.98 Å². The fourth-order valence-electron chi connectivity index (χ4n) is 2.80. The van der Waals surface area contributed by atoms with Crippen LogP contribution in [0.4, 0.5) is 5.82 Å². The number of nitrogens with zero attached hydrogens (tertiary/aromatic N) is 2. The molecule has 1 aliphatic carbocycles. The number of nitriles is 2. The summed E-state index contributed by atoms with van der Waals surface area (Å²) in [6.07, 6.45) is 3.66. The molecule has 0 radical (unpaired) electrons. The number of hydrogen-bond donors (Lipinski definition) is 2. The van der Waals surface area contributed by atoms with Crippen LogP contribution in [0.3, 0.4) is 0 Å². The van der Waals surface area contributed by atoms with E-state index in [9.17, 15) is 15.3 Å². The molecule has 0 atom stereocenters. The zero-order valence-electron chi connectivity index (χ0n) is 11.9. The summed E-state index contributed by atoms with van der Waals surface area (Å²) >= 11 is 0. The molecule has 0 amide bonds. The van der Waals surface area contributed by atoms with Crippen molar-refractivity contribution >= 4 is 5.82 Å².